The van der Waals surface area contributed by atoms with Crippen LogP contribution in [0.1, 0.15) is 37.0 Å². The van der Waals surface area contributed by atoms with Gasteiger partial charge in [-0.1, -0.05) is 31.2 Å². The van der Waals surface area contributed by atoms with Crippen LogP contribution in [0.15, 0.2) is 24.3 Å². The number of rotatable bonds is 3. The molecule has 0 bridgehead atoms. The largest absolute Gasteiger partial charge is 0.388 e. The van der Waals surface area contributed by atoms with E-state index in [4.69, 9.17) is 5.73 Å². The molecule has 0 heterocycles. The highest BCUT2D eigenvalue weighted by atomic mass is 16.3. The van der Waals surface area contributed by atoms with Crippen molar-refractivity contribution in [3.8, 4) is 0 Å². The highest BCUT2D eigenvalue weighted by Crippen LogP contribution is 2.52. The van der Waals surface area contributed by atoms with E-state index >= 15 is 0 Å². The molecule has 0 aliphatic heterocycles. The predicted octanol–water partition coefficient (Wildman–Crippen LogP) is 2.40. The lowest BCUT2D eigenvalue weighted by Gasteiger charge is -2.49. The van der Waals surface area contributed by atoms with E-state index in [1.807, 2.05) is 31.2 Å². The third-order valence-electron chi connectivity index (χ3n) is 3.98. The maximum atomic E-state index is 10.5. The number of hydrogen-bond donors (Lipinski definition) is 2. The number of nitrogens with two attached hydrogens (primary N) is 1. The maximum Gasteiger partial charge on any atom is 0.0861 e. The summed E-state index contributed by atoms with van der Waals surface area (Å²) in [6.07, 6.45) is 1.67. The zero-order valence-electron chi connectivity index (χ0n) is 10.1. The number of aliphatic hydroxyl groups is 1. The Labute approximate surface area is 97.5 Å². The maximum absolute atomic E-state index is 10.5. The average Bonchev–Trinajstić information content (AvgIpc) is 2.24. The first-order valence-corrected chi connectivity index (χ1v) is 6.03. The number of hydrogen-bond acceptors (Lipinski definition) is 2. The lowest BCUT2D eigenvalue weighted by atomic mass is 9.58. The van der Waals surface area contributed by atoms with Crippen molar-refractivity contribution in [3.63, 3.8) is 0 Å². The fourth-order valence-corrected chi connectivity index (χ4v) is 3.05. The zero-order valence-corrected chi connectivity index (χ0v) is 10.1. The van der Waals surface area contributed by atoms with Crippen molar-refractivity contribution in [2.24, 2.45) is 17.1 Å². The molecule has 1 aromatic rings. The second-order valence-electron chi connectivity index (χ2n) is 5.34. The third kappa shape index (κ3) is 1.76. The lowest BCUT2D eigenvalue weighted by molar-refractivity contribution is -0.0605. The molecule has 16 heavy (non-hydrogen) atoms. The molecule has 0 amide bonds. The van der Waals surface area contributed by atoms with Gasteiger partial charge in [-0.2, -0.15) is 0 Å². The molecule has 0 radical (unpaired) electrons. The van der Waals surface area contributed by atoms with Crippen LogP contribution in [0.3, 0.4) is 0 Å². The van der Waals surface area contributed by atoms with Crippen molar-refractivity contribution in [1.29, 1.82) is 0 Å². The van der Waals surface area contributed by atoms with Crippen LogP contribution in [-0.2, 0) is 0 Å². The van der Waals surface area contributed by atoms with Gasteiger partial charge in [-0.05, 0) is 36.8 Å². The van der Waals surface area contributed by atoms with Crippen molar-refractivity contribution in [2.45, 2.75) is 32.8 Å². The second kappa shape index (κ2) is 4.19. The van der Waals surface area contributed by atoms with Gasteiger partial charge in [0.1, 0.15) is 0 Å². The van der Waals surface area contributed by atoms with Gasteiger partial charge in [0.25, 0.3) is 0 Å². The minimum atomic E-state index is -0.408. The standard InChI is InChI=1S/C14H21NO/c1-10-7-14(8-10,9-15)13(16)12-6-4-3-5-11(12)2/h3-6,10,13,16H,7-9,15H2,1-2H3/t10?,13-,14?/m1/s1. The molecule has 88 valence electrons. The van der Waals surface area contributed by atoms with E-state index in [2.05, 4.69) is 6.92 Å². The van der Waals surface area contributed by atoms with Gasteiger partial charge in [-0.3, -0.25) is 0 Å². The fourth-order valence-electron chi connectivity index (χ4n) is 3.05. The molecule has 1 aromatic carbocycles. The predicted molar refractivity (Wildman–Crippen MR) is 66.0 cm³/mol. The monoisotopic (exact) mass is 219 g/mol. The summed E-state index contributed by atoms with van der Waals surface area (Å²) in [6.45, 7) is 4.84. The van der Waals surface area contributed by atoms with Crippen molar-refractivity contribution in [1.82, 2.24) is 0 Å². The molecule has 1 aliphatic carbocycles. The van der Waals surface area contributed by atoms with Crippen molar-refractivity contribution < 1.29 is 5.11 Å². The van der Waals surface area contributed by atoms with Gasteiger partial charge in [-0.15, -0.1) is 0 Å². The molecular formula is C14H21NO. The van der Waals surface area contributed by atoms with Gasteiger partial charge < -0.3 is 10.8 Å². The SMILES string of the molecule is Cc1ccccc1[C@@H](O)C1(CN)CC(C)C1. The lowest BCUT2D eigenvalue weighted by Crippen LogP contribution is -2.46. The molecule has 0 saturated heterocycles. The highest BCUT2D eigenvalue weighted by molar-refractivity contribution is 5.30. The molecule has 3 N–H and O–H groups in total. The van der Waals surface area contributed by atoms with Crippen LogP contribution < -0.4 is 5.73 Å². The summed E-state index contributed by atoms with van der Waals surface area (Å²) in [7, 11) is 0. The number of aliphatic hydroxyl groups excluding tert-OH is 1. The Morgan fingerprint density at radius 2 is 2.06 bits per heavy atom. The summed E-state index contributed by atoms with van der Waals surface area (Å²) in [6, 6.07) is 8.05. The van der Waals surface area contributed by atoms with Crippen LogP contribution in [0.4, 0.5) is 0 Å². The Balaban J connectivity index is 2.25. The van der Waals surface area contributed by atoms with Crippen LogP contribution in [-0.4, -0.2) is 11.7 Å². The Bertz CT molecular complexity index is 369. The summed E-state index contributed by atoms with van der Waals surface area (Å²) in [4.78, 5) is 0. The second-order valence-corrected chi connectivity index (χ2v) is 5.34. The Morgan fingerprint density at radius 3 is 2.56 bits per heavy atom. The molecule has 1 atom stereocenters. The average molecular weight is 219 g/mol. The van der Waals surface area contributed by atoms with Gasteiger partial charge in [0.15, 0.2) is 0 Å². The summed E-state index contributed by atoms with van der Waals surface area (Å²) in [5, 5.41) is 10.5. The number of aryl methyl sites for hydroxylation is 1. The first-order valence-electron chi connectivity index (χ1n) is 6.03. The Morgan fingerprint density at radius 1 is 1.44 bits per heavy atom. The van der Waals surface area contributed by atoms with Gasteiger partial charge in [0.05, 0.1) is 6.10 Å². The molecule has 2 heteroatoms. The number of benzene rings is 1. The molecule has 1 aliphatic rings. The van der Waals surface area contributed by atoms with E-state index < -0.39 is 6.10 Å². The molecule has 1 saturated carbocycles. The van der Waals surface area contributed by atoms with Gasteiger partial charge in [-0.25, -0.2) is 0 Å². The summed E-state index contributed by atoms with van der Waals surface area (Å²) < 4.78 is 0. The van der Waals surface area contributed by atoms with Gasteiger partial charge >= 0.3 is 0 Å². The molecule has 0 aromatic heterocycles. The topological polar surface area (TPSA) is 46.2 Å². The highest BCUT2D eigenvalue weighted by Gasteiger charge is 2.47. The van der Waals surface area contributed by atoms with E-state index in [-0.39, 0.29) is 5.41 Å². The van der Waals surface area contributed by atoms with E-state index in [9.17, 15) is 5.11 Å². The van der Waals surface area contributed by atoms with Crippen LogP contribution in [0.2, 0.25) is 0 Å². The molecule has 2 rings (SSSR count). The van der Waals surface area contributed by atoms with E-state index in [1.54, 1.807) is 0 Å². The summed E-state index contributed by atoms with van der Waals surface area (Å²) in [5.74, 6) is 0.696. The van der Waals surface area contributed by atoms with Crippen LogP contribution in [0.5, 0.6) is 0 Å². The van der Waals surface area contributed by atoms with Crippen LogP contribution in [0, 0.1) is 18.3 Å². The Hall–Kier alpha value is -0.860. The normalized spacial score (nSPS) is 30.9. The Kier molecular flexibility index (Phi) is 3.04. The molecule has 1 fully saturated rings. The van der Waals surface area contributed by atoms with Crippen molar-refractivity contribution in [3.05, 3.63) is 35.4 Å². The first-order chi connectivity index (χ1) is 7.59. The van der Waals surface area contributed by atoms with E-state index in [1.165, 1.54) is 0 Å². The van der Waals surface area contributed by atoms with Crippen LogP contribution >= 0.6 is 0 Å². The molecular weight excluding hydrogens is 198 g/mol. The molecule has 0 unspecified atom stereocenters. The van der Waals surface area contributed by atoms with E-state index in [0.717, 1.165) is 24.0 Å². The summed E-state index contributed by atoms with van der Waals surface area (Å²) in [5.41, 5.74) is 7.98. The smallest absolute Gasteiger partial charge is 0.0861 e. The quantitative estimate of drug-likeness (QED) is 0.820. The van der Waals surface area contributed by atoms with Crippen molar-refractivity contribution >= 4 is 0 Å². The molecule has 0 spiro atoms. The first kappa shape index (κ1) is 11.6. The van der Waals surface area contributed by atoms with E-state index in [0.29, 0.717) is 12.5 Å². The van der Waals surface area contributed by atoms with Gasteiger partial charge in [0.2, 0.25) is 0 Å². The third-order valence-corrected chi connectivity index (χ3v) is 3.98. The van der Waals surface area contributed by atoms with Gasteiger partial charge in [0, 0.05) is 12.0 Å². The minimum Gasteiger partial charge on any atom is -0.388 e. The summed E-state index contributed by atoms with van der Waals surface area (Å²) >= 11 is 0. The van der Waals surface area contributed by atoms with Crippen LogP contribution in [0.25, 0.3) is 0 Å². The molecule has 2 nitrogen and oxygen atoms in total. The van der Waals surface area contributed by atoms with Crippen molar-refractivity contribution in [2.75, 3.05) is 6.54 Å². The fraction of sp³-hybridized carbons (Fsp3) is 0.571. The minimum absolute atomic E-state index is 0.0778. The zero-order chi connectivity index (χ0) is 11.8.